The van der Waals surface area contributed by atoms with Crippen molar-refractivity contribution in [3.63, 3.8) is 0 Å². The SMILES string of the molecule is CCCCC[C@H]1CC[C@@H]2C3Cc4cccc(OCC(=O)O)c4CC3C[C@H]2OPO1. The molecule has 2 fully saturated rings. The number of hydrogen-bond donors (Lipinski definition) is 1. The average Bonchev–Trinajstić information content (AvgIpc) is 3.02. The fourth-order valence-corrected chi connectivity index (χ4v) is 6.43. The smallest absolute Gasteiger partial charge is 0.341 e. The van der Waals surface area contributed by atoms with Crippen molar-refractivity contribution < 1.29 is 23.7 Å². The Morgan fingerprint density at radius 3 is 2.93 bits per heavy atom. The van der Waals surface area contributed by atoms with Gasteiger partial charge < -0.3 is 18.9 Å². The highest BCUT2D eigenvalue weighted by molar-refractivity contribution is 7.26. The first-order valence-corrected chi connectivity index (χ1v) is 12.0. The maximum Gasteiger partial charge on any atom is 0.341 e. The molecule has 1 saturated heterocycles. The van der Waals surface area contributed by atoms with Crippen molar-refractivity contribution in [1.29, 1.82) is 0 Å². The number of benzene rings is 1. The first-order valence-electron chi connectivity index (χ1n) is 11.2. The lowest BCUT2D eigenvalue weighted by Gasteiger charge is -2.34. The number of unbranched alkanes of at least 4 members (excludes halogenated alkanes) is 2. The molecule has 160 valence electrons. The van der Waals surface area contributed by atoms with E-state index in [0.29, 0.717) is 30.0 Å². The summed E-state index contributed by atoms with van der Waals surface area (Å²) in [6, 6.07) is 6.10. The fraction of sp³-hybridized carbons (Fsp3) is 0.696. The van der Waals surface area contributed by atoms with E-state index in [4.69, 9.17) is 18.9 Å². The van der Waals surface area contributed by atoms with Crippen LogP contribution in [0.1, 0.15) is 63.0 Å². The van der Waals surface area contributed by atoms with Gasteiger partial charge in [-0.25, -0.2) is 4.79 Å². The molecule has 6 heteroatoms. The summed E-state index contributed by atoms with van der Waals surface area (Å²) in [5.41, 5.74) is 2.54. The maximum atomic E-state index is 10.9. The lowest BCUT2D eigenvalue weighted by atomic mass is 9.73. The molecular weight excluding hydrogens is 387 g/mol. The van der Waals surface area contributed by atoms with Gasteiger partial charge in [-0.15, -0.1) is 0 Å². The molecule has 3 aliphatic rings. The van der Waals surface area contributed by atoms with Crippen molar-refractivity contribution in [2.24, 2.45) is 17.8 Å². The van der Waals surface area contributed by atoms with Crippen LogP contribution >= 0.6 is 9.03 Å². The molecule has 0 bridgehead atoms. The largest absolute Gasteiger partial charge is 0.482 e. The van der Waals surface area contributed by atoms with Gasteiger partial charge in [-0.05, 0) is 73.5 Å². The number of ether oxygens (including phenoxy) is 1. The van der Waals surface area contributed by atoms with Crippen LogP contribution in [0.3, 0.4) is 0 Å². The highest BCUT2D eigenvalue weighted by Gasteiger charge is 2.46. The molecule has 0 spiro atoms. The number of carbonyl (C=O) groups is 1. The molecule has 1 heterocycles. The number of hydrogen-bond acceptors (Lipinski definition) is 4. The van der Waals surface area contributed by atoms with Crippen molar-refractivity contribution >= 4 is 15.0 Å². The second-order valence-corrected chi connectivity index (χ2v) is 9.50. The van der Waals surface area contributed by atoms with Gasteiger partial charge in [0.1, 0.15) is 5.75 Å². The van der Waals surface area contributed by atoms with E-state index in [1.807, 2.05) is 12.1 Å². The Morgan fingerprint density at radius 2 is 2.10 bits per heavy atom. The Labute approximate surface area is 175 Å². The number of rotatable bonds is 7. The van der Waals surface area contributed by atoms with Gasteiger partial charge in [0.15, 0.2) is 15.6 Å². The molecule has 1 N–H and O–H groups in total. The van der Waals surface area contributed by atoms with Crippen molar-refractivity contribution in [2.75, 3.05) is 6.61 Å². The molecule has 0 aromatic heterocycles. The summed E-state index contributed by atoms with van der Waals surface area (Å²) < 4.78 is 17.9. The lowest BCUT2D eigenvalue weighted by Crippen LogP contribution is -2.29. The monoisotopic (exact) mass is 420 g/mol. The Bertz CT molecular complexity index is 709. The third kappa shape index (κ3) is 4.95. The molecular formula is C23H33O5P. The van der Waals surface area contributed by atoms with E-state index in [0.717, 1.165) is 37.9 Å². The first kappa shape index (κ1) is 21.1. The molecule has 29 heavy (non-hydrogen) atoms. The van der Waals surface area contributed by atoms with Crippen molar-refractivity contribution in [3.8, 4) is 5.75 Å². The van der Waals surface area contributed by atoms with Crippen molar-refractivity contribution in [2.45, 2.75) is 76.9 Å². The second kappa shape index (κ2) is 9.76. The maximum absolute atomic E-state index is 10.9. The van der Waals surface area contributed by atoms with Gasteiger partial charge in [0.05, 0.1) is 12.2 Å². The molecule has 4 rings (SSSR count). The van der Waals surface area contributed by atoms with Gasteiger partial charge in [-0.1, -0.05) is 38.3 Å². The van der Waals surface area contributed by atoms with Gasteiger partial charge >= 0.3 is 5.97 Å². The molecule has 2 aliphatic carbocycles. The van der Waals surface area contributed by atoms with Crippen molar-refractivity contribution in [3.05, 3.63) is 29.3 Å². The Kier molecular flexibility index (Phi) is 7.10. The predicted molar refractivity (Wildman–Crippen MR) is 114 cm³/mol. The summed E-state index contributed by atoms with van der Waals surface area (Å²) >= 11 is 0. The summed E-state index contributed by atoms with van der Waals surface area (Å²) in [7, 11) is 0.162. The van der Waals surface area contributed by atoms with Crippen LogP contribution in [0.25, 0.3) is 0 Å². The van der Waals surface area contributed by atoms with E-state index >= 15 is 0 Å². The fourth-order valence-electron chi connectivity index (χ4n) is 5.61. The van der Waals surface area contributed by atoms with Crippen LogP contribution < -0.4 is 4.74 Å². The minimum absolute atomic E-state index is 0.162. The highest BCUT2D eigenvalue weighted by Crippen LogP contribution is 2.51. The quantitative estimate of drug-likeness (QED) is 0.488. The predicted octanol–water partition coefficient (Wildman–Crippen LogP) is 5.15. The van der Waals surface area contributed by atoms with Crippen LogP contribution in [0.5, 0.6) is 5.75 Å². The molecule has 1 saturated carbocycles. The lowest BCUT2D eigenvalue weighted by molar-refractivity contribution is -0.139. The van der Waals surface area contributed by atoms with E-state index in [9.17, 15) is 4.79 Å². The summed E-state index contributed by atoms with van der Waals surface area (Å²) in [6.07, 6.45) is 11.0. The second-order valence-electron chi connectivity index (χ2n) is 8.86. The number of fused-ring (bicyclic) bond motifs is 4. The van der Waals surface area contributed by atoms with Gasteiger partial charge in [0, 0.05) is 0 Å². The molecule has 6 atom stereocenters. The topological polar surface area (TPSA) is 65.0 Å². The average molecular weight is 420 g/mol. The minimum Gasteiger partial charge on any atom is -0.482 e. The van der Waals surface area contributed by atoms with E-state index in [2.05, 4.69) is 13.0 Å². The van der Waals surface area contributed by atoms with E-state index in [1.165, 1.54) is 36.8 Å². The van der Waals surface area contributed by atoms with E-state index in [-0.39, 0.29) is 15.6 Å². The molecule has 0 radical (unpaired) electrons. The van der Waals surface area contributed by atoms with Gasteiger partial charge in [-0.2, -0.15) is 0 Å². The van der Waals surface area contributed by atoms with Crippen LogP contribution in [-0.2, 0) is 26.7 Å². The third-order valence-corrected chi connectivity index (χ3v) is 7.87. The zero-order valence-corrected chi connectivity index (χ0v) is 18.3. The van der Waals surface area contributed by atoms with Gasteiger partial charge in [0.2, 0.25) is 0 Å². The van der Waals surface area contributed by atoms with Crippen LogP contribution in [0.2, 0.25) is 0 Å². The zero-order valence-electron chi connectivity index (χ0n) is 17.3. The number of carboxylic acids is 1. The molecule has 0 amide bonds. The molecule has 1 aromatic rings. The van der Waals surface area contributed by atoms with Crippen LogP contribution in [0.15, 0.2) is 18.2 Å². The summed E-state index contributed by atoms with van der Waals surface area (Å²) in [5, 5.41) is 8.96. The summed E-state index contributed by atoms with van der Waals surface area (Å²) in [4.78, 5) is 10.9. The first-order chi connectivity index (χ1) is 14.2. The van der Waals surface area contributed by atoms with Crippen LogP contribution in [-0.4, -0.2) is 29.9 Å². The molecule has 3 unspecified atom stereocenters. The normalized spacial score (nSPS) is 32.0. The van der Waals surface area contributed by atoms with Crippen LogP contribution in [0, 0.1) is 17.8 Å². The molecule has 1 aliphatic heterocycles. The van der Waals surface area contributed by atoms with Gasteiger partial charge in [-0.3, -0.25) is 0 Å². The van der Waals surface area contributed by atoms with Gasteiger partial charge in [0.25, 0.3) is 0 Å². The van der Waals surface area contributed by atoms with Crippen molar-refractivity contribution in [1.82, 2.24) is 0 Å². The minimum atomic E-state index is -0.932. The number of aliphatic carboxylic acids is 1. The summed E-state index contributed by atoms with van der Waals surface area (Å²) in [5.74, 6) is 1.67. The Hall–Kier alpha value is -1.16. The highest BCUT2D eigenvalue weighted by atomic mass is 31.1. The molecule has 5 nitrogen and oxygen atoms in total. The third-order valence-electron chi connectivity index (χ3n) is 7.04. The standard InChI is InChI=1S/C23H33O5P/c1-2-3-4-7-17-9-10-18-19-11-15-6-5-8-21(26-14-23(24)25)20(15)12-16(19)13-22(18)28-29-27-17/h5-6,8,16-19,22,29H,2-4,7,9-14H2,1H3,(H,24,25)/t16?,17-,18+,19?,22+/m0/s1. The van der Waals surface area contributed by atoms with Crippen LogP contribution in [0.4, 0.5) is 0 Å². The molecule has 1 aromatic carbocycles. The van der Waals surface area contributed by atoms with E-state index < -0.39 is 5.97 Å². The Balaban J connectivity index is 1.43. The number of carboxylic acid groups (broad SMARTS) is 1. The zero-order chi connectivity index (χ0) is 20.2. The summed E-state index contributed by atoms with van der Waals surface area (Å²) in [6.45, 7) is 1.96. The van der Waals surface area contributed by atoms with E-state index in [1.54, 1.807) is 0 Å². The Morgan fingerprint density at radius 1 is 1.21 bits per heavy atom.